The van der Waals surface area contributed by atoms with Crippen molar-refractivity contribution in [1.82, 2.24) is 24.3 Å². The van der Waals surface area contributed by atoms with Gasteiger partial charge in [-0.15, -0.1) is 0 Å². The number of halogens is 1. The molecular formula is C27H33FN6O3. The molecule has 4 heterocycles. The van der Waals surface area contributed by atoms with E-state index in [4.69, 9.17) is 9.47 Å². The summed E-state index contributed by atoms with van der Waals surface area (Å²) >= 11 is 0. The smallest absolute Gasteiger partial charge is 0.254 e. The molecule has 1 amide bonds. The van der Waals surface area contributed by atoms with Gasteiger partial charge in [0, 0.05) is 57.3 Å². The Labute approximate surface area is 216 Å². The maximum Gasteiger partial charge on any atom is 0.254 e. The Morgan fingerprint density at radius 2 is 1.95 bits per heavy atom. The molecule has 0 aliphatic carbocycles. The highest BCUT2D eigenvalue weighted by Gasteiger charge is 2.28. The van der Waals surface area contributed by atoms with Gasteiger partial charge in [0.05, 0.1) is 44.8 Å². The number of carbonyl (C=O) groups excluding carboxylic acids is 1. The first-order valence-electron chi connectivity index (χ1n) is 12.8. The van der Waals surface area contributed by atoms with Crippen LogP contribution < -0.4 is 10.1 Å². The zero-order chi connectivity index (χ0) is 25.8. The standard InChI is InChI=1S/C27H33FN6O3/c1-3-37-25-14-21(31-15-24(25)28)18-33-6-4-22-20(17-32-8-10-36-11-9-32)12-19(13-23(22)26(33)35)16-34-7-5-30-27(34)29-2/h5,7,12-15H,3-4,6,8-11,16-18H2,1-2H3,(H,29,30). The van der Waals surface area contributed by atoms with Crippen molar-refractivity contribution in [2.45, 2.75) is 33.0 Å². The summed E-state index contributed by atoms with van der Waals surface area (Å²) in [6.45, 7) is 7.63. The average molecular weight is 509 g/mol. The molecule has 0 radical (unpaired) electrons. The molecule has 0 bridgehead atoms. The number of aromatic nitrogens is 3. The molecule has 0 unspecified atom stereocenters. The number of rotatable bonds is 9. The number of ether oxygens (including phenoxy) is 2. The Kier molecular flexibility index (Phi) is 7.66. The Hall–Kier alpha value is -3.50. The average Bonchev–Trinajstić information content (AvgIpc) is 3.36. The molecule has 3 aromatic rings. The van der Waals surface area contributed by atoms with Crippen LogP contribution in [0.5, 0.6) is 5.75 Å². The van der Waals surface area contributed by atoms with Crippen LogP contribution in [0.15, 0.2) is 36.8 Å². The molecule has 196 valence electrons. The third-order valence-corrected chi connectivity index (χ3v) is 6.87. The van der Waals surface area contributed by atoms with Crippen molar-refractivity contribution in [3.05, 3.63) is 70.6 Å². The highest BCUT2D eigenvalue weighted by molar-refractivity contribution is 5.97. The molecule has 1 aromatic carbocycles. The number of imidazole rings is 1. The van der Waals surface area contributed by atoms with Crippen molar-refractivity contribution in [2.24, 2.45) is 0 Å². The third-order valence-electron chi connectivity index (χ3n) is 6.87. The van der Waals surface area contributed by atoms with Gasteiger partial charge in [-0.25, -0.2) is 9.37 Å². The van der Waals surface area contributed by atoms with E-state index in [9.17, 15) is 9.18 Å². The fourth-order valence-electron chi connectivity index (χ4n) is 5.06. The van der Waals surface area contributed by atoms with Crippen LogP contribution in [0, 0.1) is 5.82 Å². The third kappa shape index (κ3) is 5.60. The van der Waals surface area contributed by atoms with Gasteiger partial charge in [-0.2, -0.15) is 0 Å². The van der Waals surface area contributed by atoms with E-state index in [1.165, 1.54) is 5.56 Å². The lowest BCUT2D eigenvalue weighted by molar-refractivity contribution is 0.0339. The number of hydrogen-bond donors (Lipinski definition) is 1. The topological polar surface area (TPSA) is 84.8 Å². The summed E-state index contributed by atoms with van der Waals surface area (Å²) in [5, 5.41) is 3.11. The van der Waals surface area contributed by atoms with Crippen LogP contribution in [0.1, 0.15) is 39.7 Å². The number of carbonyl (C=O) groups is 1. The molecule has 2 aromatic heterocycles. The summed E-state index contributed by atoms with van der Waals surface area (Å²) < 4.78 is 26.9. The molecular weight excluding hydrogens is 475 g/mol. The Bertz CT molecular complexity index is 1260. The van der Waals surface area contributed by atoms with Gasteiger partial charge >= 0.3 is 0 Å². The normalized spacial score (nSPS) is 16.1. The highest BCUT2D eigenvalue weighted by atomic mass is 19.1. The van der Waals surface area contributed by atoms with E-state index >= 15 is 0 Å². The fraction of sp³-hybridized carbons (Fsp3) is 0.444. The van der Waals surface area contributed by atoms with Crippen molar-refractivity contribution < 1.29 is 18.7 Å². The number of hydrogen-bond acceptors (Lipinski definition) is 7. The first kappa shape index (κ1) is 25.2. The minimum Gasteiger partial charge on any atom is -0.491 e. The molecule has 37 heavy (non-hydrogen) atoms. The second-order valence-electron chi connectivity index (χ2n) is 9.31. The van der Waals surface area contributed by atoms with E-state index < -0.39 is 5.82 Å². The number of nitrogens with zero attached hydrogens (tertiary/aromatic N) is 5. The molecule has 9 nitrogen and oxygen atoms in total. The van der Waals surface area contributed by atoms with Gasteiger partial charge in [0.25, 0.3) is 5.91 Å². The predicted octanol–water partition coefficient (Wildman–Crippen LogP) is 2.94. The van der Waals surface area contributed by atoms with Crippen molar-refractivity contribution in [3.63, 3.8) is 0 Å². The monoisotopic (exact) mass is 508 g/mol. The number of benzene rings is 1. The molecule has 1 saturated heterocycles. The van der Waals surface area contributed by atoms with Gasteiger partial charge in [0.15, 0.2) is 11.6 Å². The van der Waals surface area contributed by atoms with E-state index in [-0.39, 0.29) is 11.7 Å². The van der Waals surface area contributed by atoms with Gasteiger partial charge < -0.3 is 24.3 Å². The summed E-state index contributed by atoms with van der Waals surface area (Å²) in [4.78, 5) is 26.5. The summed E-state index contributed by atoms with van der Waals surface area (Å²) in [5.74, 6) is 0.398. The van der Waals surface area contributed by atoms with Crippen molar-refractivity contribution in [2.75, 3.05) is 51.8 Å². The molecule has 0 spiro atoms. The molecule has 10 heteroatoms. The van der Waals surface area contributed by atoms with Gasteiger partial charge in [0.2, 0.25) is 5.95 Å². The number of fused-ring (bicyclic) bond motifs is 1. The SMILES string of the molecule is CCOc1cc(CN2CCc3c(CN4CCOCC4)cc(Cn4ccnc4NC)cc3C2=O)ncc1F. The lowest BCUT2D eigenvalue weighted by Gasteiger charge is -2.32. The predicted molar refractivity (Wildman–Crippen MR) is 137 cm³/mol. The maximum absolute atomic E-state index is 14.0. The lowest BCUT2D eigenvalue weighted by atomic mass is 9.91. The van der Waals surface area contributed by atoms with Gasteiger partial charge in [-0.05, 0) is 36.1 Å². The molecule has 0 atom stereocenters. The molecule has 5 rings (SSSR count). The van der Waals surface area contributed by atoms with Crippen molar-refractivity contribution in [1.29, 1.82) is 0 Å². The quantitative estimate of drug-likeness (QED) is 0.476. The van der Waals surface area contributed by atoms with Crippen LogP contribution in [0.3, 0.4) is 0 Å². The number of anilines is 1. The van der Waals surface area contributed by atoms with Crippen LogP contribution in [0.2, 0.25) is 0 Å². The van der Waals surface area contributed by atoms with E-state index in [2.05, 4.69) is 26.3 Å². The number of amides is 1. The minimum absolute atomic E-state index is 0.0325. The number of morpholine rings is 1. The van der Waals surface area contributed by atoms with Gasteiger partial charge in [-0.3, -0.25) is 14.7 Å². The summed E-state index contributed by atoms with van der Waals surface area (Å²) in [5.41, 5.74) is 4.67. The second kappa shape index (κ2) is 11.3. The number of nitrogens with one attached hydrogen (secondary N) is 1. The van der Waals surface area contributed by atoms with Crippen LogP contribution in [-0.4, -0.2) is 76.7 Å². The van der Waals surface area contributed by atoms with E-state index in [0.717, 1.165) is 68.1 Å². The van der Waals surface area contributed by atoms with E-state index in [0.29, 0.717) is 31.9 Å². The van der Waals surface area contributed by atoms with Crippen LogP contribution in [0.25, 0.3) is 0 Å². The zero-order valence-electron chi connectivity index (χ0n) is 21.4. The maximum atomic E-state index is 14.0. The summed E-state index contributed by atoms with van der Waals surface area (Å²) in [6, 6.07) is 5.82. The molecule has 2 aliphatic heterocycles. The second-order valence-corrected chi connectivity index (χ2v) is 9.31. The van der Waals surface area contributed by atoms with Gasteiger partial charge in [0.1, 0.15) is 0 Å². The lowest BCUT2D eigenvalue weighted by Crippen LogP contribution is -2.39. The number of pyridine rings is 1. The van der Waals surface area contributed by atoms with Crippen LogP contribution in [-0.2, 0) is 30.8 Å². The zero-order valence-corrected chi connectivity index (χ0v) is 21.4. The van der Waals surface area contributed by atoms with E-state index in [1.807, 2.05) is 23.9 Å². The van der Waals surface area contributed by atoms with Crippen molar-refractivity contribution >= 4 is 11.9 Å². The molecule has 1 N–H and O–H groups in total. The van der Waals surface area contributed by atoms with E-state index in [1.54, 1.807) is 24.1 Å². The summed E-state index contributed by atoms with van der Waals surface area (Å²) in [6.07, 6.45) is 5.61. The largest absolute Gasteiger partial charge is 0.491 e. The fourth-order valence-corrected chi connectivity index (χ4v) is 5.06. The van der Waals surface area contributed by atoms with Gasteiger partial charge in [-0.1, -0.05) is 6.07 Å². The first-order chi connectivity index (χ1) is 18.1. The minimum atomic E-state index is -0.501. The van der Waals surface area contributed by atoms with Crippen LogP contribution >= 0.6 is 0 Å². The highest BCUT2D eigenvalue weighted by Crippen LogP contribution is 2.28. The first-order valence-corrected chi connectivity index (χ1v) is 12.8. The Morgan fingerprint density at radius 3 is 2.73 bits per heavy atom. The molecule has 1 fully saturated rings. The van der Waals surface area contributed by atoms with Crippen LogP contribution in [0.4, 0.5) is 10.3 Å². The Morgan fingerprint density at radius 1 is 1.11 bits per heavy atom. The molecule has 2 aliphatic rings. The summed E-state index contributed by atoms with van der Waals surface area (Å²) in [7, 11) is 1.84. The Balaban J connectivity index is 1.44. The van der Waals surface area contributed by atoms with Crippen molar-refractivity contribution in [3.8, 4) is 5.75 Å². The molecule has 0 saturated carbocycles.